The predicted octanol–water partition coefficient (Wildman–Crippen LogP) is 2.08. The van der Waals surface area contributed by atoms with Crippen molar-refractivity contribution in [1.29, 1.82) is 0 Å². The van der Waals surface area contributed by atoms with Crippen molar-refractivity contribution in [2.75, 3.05) is 11.4 Å². The summed E-state index contributed by atoms with van der Waals surface area (Å²) in [7, 11) is 0. The topological polar surface area (TPSA) is 49.4 Å². The average Bonchev–Trinajstić information content (AvgIpc) is 3.10. The molecular formula is C13H15BrN2O2. The minimum absolute atomic E-state index is 0.0639. The van der Waals surface area contributed by atoms with Crippen molar-refractivity contribution in [2.45, 2.75) is 25.8 Å². The molecule has 1 aliphatic rings. The summed E-state index contributed by atoms with van der Waals surface area (Å²) in [6.45, 7) is 1.53. The van der Waals surface area contributed by atoms with Gasteiger partial charge >= 0.3 is 0 Å². The van der Waals surface area contributed by atoms with Gasteiger partial charge in [0.05, 0.1) is 5.69 Å². The molecule has 1 fully saturated rings. The Bertz CT molecular complexity index is 472. The van der Waals surface area contributed by atoms with Gasteiger partial charge in [-0.2, -0.15) is 0 Å². The van der Waals surface area contributed by atoms with Crippen molar-refractivity contribution in [1.82, 2.24) is 5.32 Å². The van der Waals surface area contributed by atoms with Crippen LogP contribution >= 0.6 is 15.9 Å². The molecule has 0 bridgehead atoms. The quantitative estimate of drug-likeness (QED) is 0.925. The first kappa shape index (κ1) is 13.1. The summed E-state index contributed by atoms with van der Waals surface area (Å²) < 4.78 is 0.805. The Kier molecular flexibility index (Phi) is 4.01. The van der Waals surface area contributed by atoms with Crippen LogP contribution in [0, 0.1) is 0 Å². The number of nitrogens with zero attached hydrogens (tertiary/aromatic N) is 1. The molecule has 0 aliphatic heterocycles. The minimum atomic E-state index is -0.146. The van der Waals surface area contributed by atoms with Crippen LogP contribution < -0.4 is 10.2 Å². The zero-order valence-electron chi connectivity index (χ0n) is 10.1. The molecule has 0 aromatic heterocycles. The summed E-state index contributed by atoms with van der Waals surface area (Å²) in [4.78, 5) is 24.9. The van der Waals surface area contributed by atoms with E-state index in [1.807, 2.05) is 24.3 Å². The lowest BCUT2D eigenvalue weighted by molar-refractivity contribution is -0.123. The third kappa shape index (κ3) is 3.32. The van der Waals surface area contributed by atoms with Crippen LogP contribution in [0.2, 0.25) is 0 Å². The van der Waals surface area contributed by atoms with Crippen LogP contribution in [-0.4, -0.2) is 24.4 Å². The van der Waals surface area contributed by atoms with Gasteiger partial charge < -0.3 is 10.2 Å². The first-order valence-electron chi connectivity index (χ1n) is 5.90. The zero-order valence-corrected chi connectivity index (χ0v) is 11.7. The molecule has 0 heterocycles. The SMILES string of the molecule is CC(=O)N(CC(=O)NC1CC1)c1ccccc1Br. The van der Waals surface area contributed by atoms with Crippen LogP contribution in [0.5, 0.6) is 0 Å². The highest BCUT2D eigenvalue weighted by Crippen LogP contribution is 2.26. The summed E-state index contributed by atoms with van der Waals surface area (Å²) in [6, 6.07) is 7.69. The molecule has 0 saturated heterocycles. The third-order valence-electron chi connectivity index (χ3n) is 2.77. The van der Waals surface area contributed by atoms with Crippen molar-refractivity contribution in [2.24, 2.45) is 0 Å². The van der Waals surface area contributed by atoms with Gasteiger partial charge in [0.1, 0.15) is 6.54 Å². The van der Waals surface area contributed by atoms with E-state index in [9.17, 15) is 9.59 Å². The molecular weight excluding hydrogens is 296 g/mol. The first-order chi connectivity index (χ1) is 8.58. The molecule has 0 spiro atoms. The highest BCUT2D eigenvalue weighted by molar-refractivity contribution is 9.10. The van der Waals surface area contributed by atoms with Gasteiger partial charge in [-0.25, -0.2) is 0 Å². The second-order valence-corrected chi connectivity index (χ2v) is 5.25. The molecule has 4 nitrogen and oxygen atoms in total. The lowest BCUT2D eigenvalue weighted by Crippen LogP contribution is -2.40. The number of hydrogen-bond acceptors (Lipinski definition) is 2. The van der Waals surface area contributed by atoms with Crippen LogP contribution in [0.25, 0.3) is 0 Å². The Morgan fingerprint density at radius 2 is 2.06 bits per heavy atom. The summed E-state index contributed by atoms with van der Waals surface area (Å²) in [5.74, 6) is -0.253. The fourth-order valence-corrected chi connectivity index (χ4v) is 2.18. The van der Waals surface area contributed by atoms with Crippen molar-refractivity contribution in [3.63, 3.8) is 0 Å². The van der Waals surface area contributed by atoms with Gasteiger partial charge in [-0.05, 0) is 40.9 Å². The molecule has 1 saturated carbocycles. The van der Waals surface area contributed by atoms with Gasteiger partial charge in [-0.3, -0.25) is 9.59 Å². The van der Waals surface area contributed by atoms with E-state index in [-0.39, 0.29) is 18.4 Å². The highest BCUT2D eigenvalue weighted by atomic mass is 79.9. The smallest absolute Gasteiger partial charge is 0.240 e. The van der Waals surface area contributed by atoms with Gasteiger partial charge in [0.15, 0.2) is 0 Å². The van der Waals surface area contributed by atoms with E-state index in [1.165, 1.54) is 11.8 Å². The number of nitrogens with one attached hydrogen (secondary N) is 1. The molecule has 1 aromatic carbocycles. The molecule has 0 unspecified atom stereocenters. The number of amides is 2. The normalized spacial score (nSPS) is 14.1. The van der Waals surface area contributed by atoms with Crippen LogP contribution in [0.1, 0.15) is 19.8 Å². The molecule has 2 amide bonds. The van der Waals surface area contributed by atoms with Gasteiger partial charge in [0.2, 0.25) is 11.8 Å². The van der Waals surface area contributed by atoms with Crippen molar-refractivity contribution in [3.8, 4) is 0 Å². The lowest BCUT2D eigenvalue weighted by atomic mass is 10.3. The molecule has 2 rings (SSSR count). The molecule has 0 atom stereocenters. The van der Waals surface area contributed by atoms with Crippen molar-refractivity contribution in [3.05, 3.63) is 28.7 Å². The van der Waals surface area contributed by atoms with E-state index in [0.29, 0.717) is 6.04 Å². The molecule has 18 heavy (non-hydrogen) atoms. The number of rotatable bonds is 4. The molecule has 1 N–H and O–H groups in total. The van der Waals surface area contributed by atoms with Crippen LogP contribution in [0.3, 0.4) is 0 Å². The Morgan fingerprint density at radius 1 is 1.39 bits per heavy atom. The number of carbonyl (C=O) groups excluding carboxylic acids is 2. The molecule has 1 aliphatic carbocycles. The molecule has 96 valence electrons. The standard InChI is InChI=1S/C13H15BrN2O2/c1-9(17)16(8-13(18)15-10-6-7-10)12-5-3-2-4-11(12)14/h2-5,10H,6-8H2,1H3,(H,15,18). The Labute approximate surface area is 114 Å². The predicted molar refractivity (Wildman–Crippen MR) is 73.3 cm³/mol. The first-order valence-corrected chi connectivity index (χ1v) is 6.69. The summed E-state index contributed by atoms with van der Waals surface area (Å²) in [5, 5.41) is 2.88. The summed E-state index contributed by atoms with van der Waals surface area (Å²) in [6.07, 6.45) is 2.09. The maximum absolute atomic E-state index is 11.8. The maximum atomic E-state index is 11.8. The van der Waals surface area contributed by atoms with Crippen LogP contribution in [0.15, 0.2) is 28.7 Å². The summed E-state index contributed by atoms with van der Waals surface area (Å²) in [5.41, 5.74) is 0.718. The van der Waals surface area contributed by atoms with E-state index in [0.717, 1.165) is 23.0 Å². The third-order valence-corrected chi connectivity index (χ3v) is 3.44. The van der Waals surface area contributed by atoms with Gasteiger partial charge in [0, 0.05) is 17.4 Å². The second kappa shape index (κ2) is 5.52. The van der Waals surface area contributed by atoms with E-state index >= 15 is 0 Å². The van der Waals surface area contributed by atoms with E-state index in [1.54, 1.807) is 0 Å². The minimum Gasteiger partial charge on any atom is -0.352 e. The average molecular weight is 311 g/mol. The number of para-hydroxylation sites is 1. The van der Waals surface area contributed by atoms with Crippen molar-refractivity contribution >= 4 is 33.4 Å². The Hall–Kier alpha value is -1.36. The van der Waals surface area contributed by atoms with Crippen LogP contribution in [0.4, 0.5) is 5.69 Å². The fourth-order valence-electron chi connectivity index (χ4n) is 1.68. The Balaban J connectivity index is 2.10. The number of halogens is 1. The van der Waals surface area contributed by atoms with Gasteiger partial charge in [-0.15, -0.1) is 0 Å². The Morgan fingerprint density at radius 3 is 2.61 bits per heavy atom. The largest absolute Gasteiger partial charge is 0.352 e. The number of benzene rings is 1. The zero-order chi connectivity index (χ0) is 13.1. The summed E-state index contributed by atoms with van der Waals surface area (Å²) >= 11 is 3.39. The monoisotopic (exact) mass is 310 g/mol. The van der Waals surface area contributed by atoms with Crippen molar-refractivity contribution < 1.29 is 9.59 Å². The molecule has 5 heteroatoms. The number of hydrogen-bond donors (Lipinski definition) is 1. The molecule has 1 aromatic rings. The van der Waals surface area contributed by atoms with E-state index in [4.69, 9.17) is 0 Å². The van der Waals surface area contributed by atoms with E-state index in [2.05, 4.69) is 21.2 Å². The number of anilines is 1. The van der Waals surface area contributed by atoms with Gasteiger partial charge in [0.25, 0.3) is 0 Å². The fraction of sp³-hybridized carbons (Fsp3) is 0.385. The van der Waals surface area contributed by atoms with Gasteiger partial charge in [-0.1, -0.05) is 12.1 Å². The maximum Gasteiger partial charge on any atom is 0.240 e. The number of carbonyl (C=O) groups is 2. The van der Waals surface area contributed by atoms with E-state index < -0.39 is 0 Å². The lowest BCUT2D eigenvalue weighted by Gasteiger charge is -2.21. The second-order valence-electron chi connectivity index (χ2n) is 4.40. The van der Waals surface area contributed by atoms with Crippen LogP contribution in [-0.2, 0) is 9.59 Å². The highest BCUT2D eigenvalue weighted by Gasteiger charge is 2.25. The molecule has 0 radical (unpaired) electrons.